The summed E-state index contributed by atoms with van der Waals surface area (Å²) in [5.41, 5.74) is 6.53. The molecule has 1 aromatic rings. The first-order valence-corrected chi connectivity index (χ1v) is 5.26. The third-order valence-corrected chi connectivity index (χ3v) is 2.46. The number of carbonyl (C=O) groups excluding carboxylic acids is 1. The summed E-state index contributed by atoms with van der Waals surface area (Å²) in [6.07, 6.45) is 1.67. The first-order valence-electron chi connectivity index (χ1n) is 5.26. The van der Waals surface area contributed by atoms with Gasteiger partial charge in [0.15, 0.2) is 0 Å². The second kappa shape index (κ2) is 6.19. The highest BCUT2D eigenvalue weighted by molar-refractivity contribution is 5.83. The summed E-state index contributed by atoms with van der Waals surface area (Å²) in [7, 11) is 1.67. The van der Waals surface area contributed by atoms with Crippen LogP contribution in [0.5, 0.6) is 0 Å². The van der Waals surface area contributed by atoms with E-state index in [1.54, 1.807) is 7.05 Å². The number of nitrogens with two attached hydrogens (primary N) is 1. The highest BCUT2D eigenvalue weighted by Gasteiger charge is 2.17. The second-order valence-electron chi connectivity index (χ2n) is 3.51. The zero-order valence-corrected chi connectivity index (χ0v) is 9.07. The highest BCUT2D eigenvalue weighted by Crippen LogP contribution is 2.20. The standard InChI is InChI=1S/C12H18N2O/c1-14-12(15)11(8-5-9-13)10-6-3-2-4-7-10/h2-4,6-7,11H,5,8-9,13H2,1H3,(H,14,15). The van der Waals surface area contributed by atoms with Crippen LogP contribution in [0, 0.1) is 0 Å². The highest BCUT2D eigenvalue weighted by atomic mass is 16.1. The maximum Gasteiger partial charge on any atom is 0.227 e. The van der Waals surface area contributed by atoms with Crippen LogP contribution in [0.3, 0.4) is 0 Å². The van der Waals surface area contributed by atoms with E-state index in [1.807, 2.05) is 30.3 Å². The topological polar surface area (TPSA) is 55.1 Å². The number of amides is 1. The van der Waals surface area contributed by atoms with Crippen LogP contribution >= 0.6 is 0 Å². The summed E-state index contributed by atoms with van der Waals surface area (Å²) in [6.45, 7) is 0.625. The quantitative estimate of drug-likeness (QED) is 0.762. The van der Waals surface area contributed by atoms with Crippen molar-refractivity contribution >= 4 is 5.91 Å². The Morgan fingerprint density at radius 1 is 1.40 bits per heavy atom. The Bertz CT molecular complexity index is 298. The number of likely N-dealkylation sites (N-methyl/N-ethyl adjacent to an activating group) is 1. The molecule has 0 bridgehead atoms. The molecule has 0 radical (unpaired) electrons. The lowest BCUT2D eigenvalue weighted by Gasteiger charge is -2.15. The second-order valence-corrected chi connectivity index (χ2v) is 3.51. The van der Waals surface area contributed by atoms with Gasteiger partial charge in [-0.15, -0.1) is 0 Å². The minimum Gasteiger partial charge on any atom is -0.359 e. The van der Waals surface area contributed by atoms with Gasteiger partial charge in [-0.25, -0.2) is 0 Å². The zero-order valence-electron chi connectivity index (χ0n) is 9.07. The van der Waals surface area contributed by atoms with E-state index in [-0.39, 0.29) is 11.8 Å². The predicted octanol–water partition coefficient (Wildman–Crippen LogP) is 1.26. The first-order chi connectivity index (χ1) is 7.29. The Hall–Kier alpha value is -1.35. The van der Waals surface area contributed by atoms with Gasteiger partial charge >= 0.3 is 0 Å². The van der Waals surface area contributed by atoms with E-state index < -0.39 is 0 Å². The minimum atomic E-state index is -0.0697. The Morgan fingerprint density at radius 2 is 2.07 bits per heavy atom. The van der Waals surface area contributed by atoms with Crippen molar-refractivity contribution < 1.29 is 4.79 Å². The lowest BCUT2D eigenvalue weighted by molar-refractivity contribution is -0.122. The number of carbonyl (C=O) groups is 1. The largest absolute Gasteiger partial charge is 0.359 e. The molecule has 3 N–H and O–H groups in total. The number of rotatable bonds is 5. The van der Waals surface area contributed by atoms with Crippen LogP contribution in [-0.2, 0) is 4.79 Å². The maximum absolute atomic E-state index is 11.7. The zero-order chi connectivity index (χ0) is 11.1. The monoisotopic (exact) mass is 206 g/mol. The molecule has 0 aliphatic carbocycles. The molecule has 1 amide bonds. The fourth-order valence-electron chi connectivity index (χ4n) is 1.63. The smallest absolute Gasteiger partial charge is 0.227 e. The summed E-state index contributed by atoms with van der Waals surface area (Å²) < 4.78 is 0. The maximum atomic E-state index is 11.7. The van der Waals surface area contributed by atoms with Crippen molar-refractivity contribution in [2.24, 2.45) is 5.73 Å². The number of hydrogen-bond acceptors (Lipinski definition) is 2. The van der Waals surface area contributed by atoms with E-state index in [0.29, 0.717) is 6.54 Å². The van der Waals surface area contributed by atoms with Crippen LogP contribution in [-0.4, -0.2) is 19.5 Å². The normalized spacial score (nSPS) is 12.1. The molecule has 3 heteroatoms. The van der Waals surface area contributed by atoms with Crippen LogP contribution in [0.25, 0.3) is 0 Å². The Morgan fingerprint density at radius 3 is 2.60 bits per heavy atom. The van der Waals surface area contributed by atoms with Gasteiger partial charge in [0.25, 0.3) is 0 Å². The number of hydrogen-bond donors (Lipinski definition) is 2. The van der Waals surface area contributed by atoms with E-state index >= 15 is 0 Å². The molecular weight excluding hydrogens is 188 g/mol. The molecule has 0 spiro atoms. The Balaban J connectivity index is 2.76. The van der Waals surface area contributed by atoms with Crippen molar-refractivity contribution in [3.63, 3.8) is 0 Å². The van der Waals surface area contributed by atoms with Crippen molar-refractivity contribution in [3.8, 4) is 0 Å². The van der Waals surface area contributed by atoms with Gasteiger partial charge in [-0.3, -0.25) is 4.79 Å². The molecule has 0 aliphatic heterocycles. The van der Waals surface area contributed by atoms with Gasteiger partial charge in [-0.05, 0) is 24.9 Å². The molecule has 15 heavy (non-hydrogen) atoms. The van der Waals surface area contributed by atoms with Gasteiger partial charge in [-0.2, -0.15) is 0 Å². The average molecular weight is 206 g/mol. The molecule has 1 atom stereocenters. The van der Waals surface area contributed by atoms with Gasteiger partial charge < -0.3 is 11.1 Å². The summed E-state index contributed by atoms with van der Waals surface area (Å²) >= 11 is 0. The molecule has 0 saturated carbocycles. The average Bonchev–Trinajstić information content (AvgIpc) is 2.30. The minimum absolute atomic E-state index is 0.0645. The summed E-state index contributed by atoms with van der Waals surface area (Å²) in [6, 6.07) is 9.82. The summed E-state index contributed by atoms with van der Waals surface area (Å²) in [5.74, 6) is -0.00519. The van der Waals surface area contributed by atoms with Crippen molar-refractivity contribution in [1.82, 2.24) is 5.32 Å². The number of nitrogens with one attached hydrogen (secondary N) is 1. The van der Waals surface area contributed by atoms with Gasteiger partial charge in [0.2, 0.25) is 5.91 Å². The molecule has 0 heterocycles. The lowest BCUT2D eigenvalue weighted by atomic mass is 9.93. The summed E-state index contributed by atoms with van der Waals surface area (Å²) in [4.78, 5) is 11.7. The summed E-state index contributed by atoms with van der Waals surface area (Å²) in [5, 5.41) is 2.69. The van der Waals surface area contributed by atoms with Crippen LogP contribution < -0.4 is 11.1 Å². The molecule has 1 aromatic carbocycles. The molecule has 0 saturated heterocycles. The third-order valence-electron chi connectivity index (χ3n) is 2.46. The van der Waals surface area contributed by atoms with Crippen molar-refractivity contribution in [3.05, 3.63) is 35.9 Å². The lowest BCUT2D eigenvalue weighted by Crippen LogP contribution is -2.26. The molecule has 3 nitrogen and oxygen atoms in total. The van der Waals surface area contributed by atoms with E-state index in [1.165, 1.54) is 0 Å². The molecule has 82 valence electrons. The van der Waals surface area contributed by atoms with E-state index in [0.717, 1.165) is 18.4 Å². The third kappa shape index (κ3) is 3.36. The van der Waals surface area contributed by atoms with E-state index in [9.17, 15) is 4.79 Å². The van der Waals surface area contributed by atoms with Crippen molar-refractivity contribution in [2.45, 2.75) is 18.8 Å². The van der Waals surface area contributed by atoms with Gasteiger partial charge in [0.05, 0.1) is 5.92 Å². The van der Waals surface area contributed by atoms with Gasteiger partial charge in [0.1, 0.15) is 0 Å². The first kappa shape index (κ1) is 11.7. The molecule has 1 rings (SSSR count). The van der Waals surface area contributed by atoms with E-state index in [4.69, 9.17) is 5.73 Å². The van der Waals surface area contributed by atoms with Crippen molar-refractivity contribution in [2.75, 3.05) is 13.6 Å². The van der Waals surface area contributed by atoms with Crippen LogP contribution in [0.1, 0.15) is 24.3 Å². The van der Waals surface area contributed by atoms with Crippen molar-refractivity contribution in [1.29, 1.82) is 0 Å². The molecule has 1 unspecified atom stereocenters. The number of benzene rings is 1. The fraction of sp³-hybridized carbons (Fsp3) is 0.417. The van der Waals surface area contributed by atoms with Crippen LogP contribution in [0.4, 0.5) is 0 Å². The molecular formula is C12H18N2O. The van der Waals surface area contributed by atoms with Crippen LogP contribution in [0.2, 0.25) is 0 Å². The Labute approximate surface area is 90.7 Å². The van der Waals surface area contributed by atoms with Gasteiger partial charge in [0, 0.05) is 7.05 Å². The SMILES string of the molecule is CNC(=O)C(CCCN)c1ccccc1. The molecule has 0 fully saturated rings. The van der Waals surface area contributed by atoms with E-state index in [2.05, 4.69) is 5.32 Å². The molecule has 0 aromatic heterocycles. The molecule has 0 aliphatic rings. The predicted molar refractivity (Wildman–Crippen MR) is 61.5 cm³/mol. The Kier molecular flexibility index (Phi) is 4.84. The van der Waals surface area contributed by atoms with Gasteiger partial charge in [-0.1, -0.05) is 30.3 Å². The van der Waals surface area contributed by atoms with Crippen LogP contribution in [0.15, 0.2) is 30.3 Å². The fourth-order valence-corrected chi connectivity index (χ4v) is 1.63.